The van der Waals surface area contributed by atoms with Crippen LogP contribution in [0.1, 0.15) is 22.9 Å². The largest absolute Gasteiger partial charge is 0.416 e. The molecule has 10 heteroatoms. The third-order valence-corrected chi connectivity index (χ3v) is 8.11. The minimum absolute atomic E-state index is 0.0306. The Morgan fingerprint density at radius 3 is 2.59 bits per heavy atom. The van der Waals surface area contributed by atoms with Crippen LogP contribution < -0.4 is 10.5 Å². The smallest absolute Gasteiger partial charge is 0.369 e. The van der Waals surface area contributed by atoms with Crippen molar-refractivity contribution in [2.45, 2.75) is 32.6 Å². The molecule has 1 saturated heterocycles. The average molecular weight is 492 g/mol. The van der Waals surface area contributed by atoms with Gasteiger partial charge in [-0.3, -0.25) is 19.2 Å². The fourth-order valence-corrected chi connectivity index (χ4v) is 5.97. The van der Waals surface area contributed by atoms with Gasteiger partial charge in [0.25, 0.3) is 5.56 Å². The van der Waals surface area contributed by atoms with Gasteiger partial charge < -0.3 is 4.90 Å². The predicted molar refractivity (Wildman–Crippen MR) is 129 cm³/mol. The van der Waals surface area contributed by atoms with Gasteiger partial charge in [-0.2, -0.15) is 13.2 Å². The van der Waals surface area contributed by atoms with Gasteiger partial charge in [0.2, 0.25) is 0 Å². The van der Waals surface area contributed by atoms with Gasteiger partial charge in [0.05, 0.1) is 17.3 Å². The van der Waals surface area contributed by atoms with Crippen molar-refractivity contribution in [2.75, 3.05) is 50.7 Å². The Morgan fingerprint density at radius 2 is 1.85 bits per heavy atom. The number of benzene rings is 1. The molecule has 1 aromatic carbocycles. The lowest BCUT2D eigenvalue weighted by atomic mass is 10.1. The molecule has 0 aliphatic carbocycles. The highest BCUT2D eigenvalue weighted by Gasteiger charge is 2.31. The number of anilines is 1. The van der Waals surface area contributed by atoms with Crippen LogP contribution in [0.15, 0.2) is 35.4 Å². The van der Waals surface area contributed by atoms with Crippen LogP contribution in [-0.4, -0.2) is 65.2 Å². The molecule has 2 aliphatic rings. The first-order valence-corrected chi connectivity index (χ1v) is 12.5. The molecule has 3 aromatic rings. The zero-order valence-electron chi connectivity index (χ0n) is 19.1. The molecule has 4 heterocycles. The van der Waals surface area contributed by atoms with Crippen molar-refractivity contribution in [2.24, 2.45) is 0 Å². The molecule has 1 fully saturated rings. The summed E-state index contributed by atoms with van der Waals surface area (Å²) in [6.45, 7) is 8.98. The lowest BCUT2D eigenvalue weighted by Gasteiger charge is -2.36. The second kappa shape index (κ2) is 9.31. The van der Waals surface area contributed by atoms with Crippen LogP contribution in [-0.2, 0) is 25.7 Å². The second-order valence-corrected chi connectivity index (χ2v) is 10.0. The van der Waals surface area contributed by atoms with Crippen molar-refractivity contribution < 1.29 is 13.2 Å². The zero-order chi connectivity index (χ0) is 23.9. The van der Waals surface area contributed by atoms with Crippen LogP contribution in [0.25, 0.3) is 10.2 Å². The fraction of sp³-hybridized carbons (Fsp3) is 0.500. The van der Waals surface area contributed by atoms with E-state index in [2.05, 4.69) is 21.7 Å². The molecule has 5 rings (SSSR count). The average Bonchev–Trinajstić information content (AvgIpc) is 3.22. The van der Waals surface area contributed by atoms with E-state index < -0.39 is 11.7 Å². The van der Waals surface area contributed by atoms with Crippen molar-refractivity contribution in [1.82, 2.24) is 19.4 Å². The Morgan fingerprint density at radius 1 is 1.06 bits per heavy atom. The van der Waals surface area contributed by atoms with Gasteiger partial charge in [0.1, 0.15) is 4.83 Å². The highest BCUT2D eigenvalue weighted by molar-refractivity contribution is 7.18. The summed E-state index contributed by atoms with van der Waals surface area (Å²) in [5.41, 5.74) is 1.16. The van der Waals surface area contributed by atoms with Gasteiger partial charge >= 0.3 is 6.18 Å². The molecule has 6 nitrogen and oxygen atoms in total. The summed E-state index contributed by atoms with van der Waals surface area (Å²) in [6.07, 6.45) is -1.71. The van der Waals surface area contributed by atoms with Gasteiger partial charge in [0.15, 0.2) is 0 Å². The number of hydrogen-bond donors (Lipinski definition) is 0. The van der Waals surface area contributed by atoms with Gasteiger partial charge in [-0.25, -0.2) is 4.98 Å². The monoisotopic (exact) mass is 491 g/mol. The van der Waals surface area contributed by atoms with Gasteiger partial charge in [-0.05, 0) is 36.7 Å². The SMILES string of the molecule is CCN1CCc2sc3ncn(CCN4CCN(c5cccc(C(F)(F)F)c5)CC4)c(=O)c3c2C1. The highest BCUT2D eigenvalue weighted by Crippen LogP contribution is 2.33. The summed E-state index contributed by atoms with van der Waals surface area (Å²) in [5, 5.41) is 0.773. The topological polar surface area (TPSA) is 44.6 Å². The van der Waals surface area contributed by atoms with Crippen LogP contribution in [0.2, 0.25) is 0 Å². The summed E-state index contributed by atoms with van der Waals surface area (Å²) in [7, 11) is 0. The number of likely N-dealkylation sites (N-methyl/N-ethyl adjacent to an activating group) is 1. The highest BCUT2D eigenvalue weighted by atomic mass is 32.1. The Balaban J connectivity index is 1.23. The first-order valence-electron chi connectivity index (χ1n) is 11.7. The van der Waals surface area contributed by atoms with Gasteiger partial charge in [-0.1, -0.05) is 13.0 Å². The maximum absolute atomic E-state index is 13.3. The summed E-state index contributed by atoms with van der Waals surface area (Å²) in [4.78, 5) is 26.6. The maximum Gasteiger partial charge on any atom is 0.416 e. The molecule has 0 saturated carbocycles. The number of rotatable bonds is 5. The number of aromatic nitrogens is 2. The van der Waals surface area contributed by atoms with E-state index in [1.807, 2.05) is 4.90 Å². The molecule has 0 amide bonds. The van der Waals surface area contributed by atoms with Crippen molar-refractivity contribution in [3.63, 3.8) is 0 Å². The first kappa shape index (κ1) is 23.3. The predicted octanol–water partition coefficient (Wildman–Crippen LogP) is 3.68. The molecular formula is C24H28F3N5OS. The standard InChI is InChI=1S/C24H28F3N5OS/c1-2-29-7-6-20-19(15-29)21-22(34-20)28-16-32(23(21)33)13-10-30-8-11-31(12-9-30)18-5-3-4-17(14-18)24(25,26)27/h3-5,14,16H,2,6-13,15H2,1H3. The van der Waals surface area contributed by atoms with Crippen molar-refractivity contribution in [3.05, 3.63) is 57.0 Å². The Labute approximate surface area is 200 Å². The molecule has 0 spiro atoms. The molecule has 0 radical (unpaired) electrons. The van der Waals surface area contributed by atoms with E-state index in [4.69, 9.17) is 0 Å². The van der Waals surface area contributed by atoms with Crippen LogP contribution in [0.5, 0.6) is 0 Å². The lowest BCUT2D eigenvalue weighted by molar-refractivity contribution is -0.137. The molecule has 0 atom stereocenters. The number of piperazine rings is 1. The number of hydrogen-bond acceptors (Lipinski definition) is 6. The number of nitrogens with zero attached hydrogens (tertiary/aromatic N) is 5. The molecule has 2 aromatic heterocycles. The summed E-state index contributed by atoms with van der Waals surface area (Å²) in [5.74, 6) is 0. The minimum Gasteiger partial charge on any atom is -0.369 e. The third-order valence-electron chi connectivity index (χ3n) is 6.91. The van der Waals surface area contributed by atoms with Gasteiger partial charge in [0, 0.05) is 62.9 Å². The molecular weight excluding hydrogens is 463 g/mol. The Bertz CT molecular complexity index is 1230. The van der Waals surface area contributed by atoms with E-state index in [-0.39, 0.29) is 5.56 Å². The Hall–Kier alpha value is -2.43. The second-order valence-electron chi connectivity index (χ2n) is 8.92. The molecule has 182 valence electrons. The number of halogens is 3. The normalized spacial score (nSPS) is 17.9. The molecule has 2 aliphatic heterocycles. The molecule has 34 heavy (non-hydrogen) atoms. The van der Waals surface area contributed by atoms with Crippen LogP contribution >= 0.6 is 11.3 Å². The van der Waals surface area contributed by atoms with E-state index in [1.165, 1.54) is 17.0 Å². The van der Waals surface area contributed by atoms with E-state index >= 15 is 0 Å². The number of fused-ring (bicyclic) bond motifs is 3. The van der Waals surface area contributed by atoms with Crippen LogP contribution in [0.4, 0.5) is 18.9 Å². The number of alkyl halides is 3. The molecule has 0 unspecified atom stereocenters. The van der Waals surface area contributed by atoms with E-state index in [9.17, 15) is 18.0 Å². The van der Waals surface area contributed by atoms with Gasteiger partial charge in [-0.15, -0.1) is 11.3 Å². The van der Waals surface area contributed by atoms with E-state index in [0.717, 1.165) is 61.0 Å². The van der Waals surface area contributed by atoms with Crippen molar-refractivity contribution >= 4 is 27.2 Å². The summed E-state index contributed by atoms with van der Waals surface area (Å²) >= 11 is 1.64. The quantitative estimate of drug-likeness (QED) is 0.545. The third kappa shape index (κ3) is 4.58. The zero-order valence-corrected chi connectivity index (χ0v) is 20.0. The van der Waals surface area contributed by atoms with E-state index in [0.29, 0.717) is 31.9 Å². The van der Waals surface area contributed by atoms with Crippen molar-refractivity contribution in [3.8, 4) is 0 Å². The first-order chi connectivity index (χ1) is 16.3. The summed E-state index contributed by atoms with van der Waals surface area (Å²) in [6, 6.07) is 5.51. The van der Waals surface area contributed by atoms with Crippen LogP contribution in [0.3, 0.4) is 0 Å². The lowest BCUT2D eigenvalue weighted by Crippen LogP contribution is -2.47. The number of thiophene rings is 1. The summed E-state index contributed by atoms with van der Waals surface area (Å²) < 4.78 is 40.8. The molecule has 0 N–H and O–H groups in total. The Kier molecular flexibility index (Phi) is 6.39. The molecule has 0 bridgehead atoms. The minimum atomic E-state index is -4.34. The maximum atomic E-state index is 13.3. The van der Waals surface area contributed by atoms with E-state index in [1.54, 1.807) is 28.3 Å². The fourth-order valence-electron chi connectivity index (χ4n) is 4.85. The van der Waals surface area contributed by atoms with Crippen molar-refractivity contribution in [1.29, 1.82) is 0 Å². The van der Waals surface area contributed by atoms with Crippen LogP contribution in [0, 0.1) is 0 Å².